The summed E-state index contributed by atoms with van der Waals surface area (Å²) in [4.78, 5) is 5.50. The van der Waals surface area contributed by atoms with Crippen LogP contribution in [0.15, 0.2) is 197 Å². The molecule has 0 N–H and O–H groups in total. The number of rotatable bonds is 6. The Balaban J connectivity index is 1.15. The third kappa shape index (κ3) is 5.52. The topological polar surface area (TPSA) is 30.4 Å². The first kappa shape index (κ1) is 34.7. The van der Waals surface area contributed by atoms with E-state index in [4.69, 9.17) is 9.41 Å². The molecule has 1 atom stereocenters. The average molecular weight is 787 g/mol. The molecule has 3 nitrogen and oxygen atoms in total. The van der Waals surface area contributed by atoms with E-state index in [0.29, 0.717) is 0 Å². The molecule has 60 heavy (non-hydrogen) atoms. The lowest BCUT2D eigenvalue weighted by Crippen LogP contribution is -2.03. The minimum Gasteiger partial charge on any atom is -0.455 e. The highest BCUT2D eigenvalue weighted by Gasteiger charge is 2.21. The van der Waals surface area contributed by atoms with Gasteiger partial charge >= 0.3 is 0 Å². The quantitative estimate of drug-likeness (QED) is 0.154. The van der Waals surface area contributed by atoms with Crippen LogP contribution in [0.4, 0.5) is 0 Å². The highest BCUT2D eigenvalue weighted by Crippen LogP contribution is 2.44. The molecule has 0 amide bonds. The van der Waals surface area contributed by atoms with Crippen molar-refractivity contribution in [2.45, 2.75) is 19.9 Å². The number of hydrogen-bond donors (Lipinski definition) is 0. The van der Waals surface area contributed by atoms with Crippen molar-refractivity contribution in [1.29, 1.82) is 0 Å². The zero-order valence-corrected chi connectivity index (χ0v) is 34.0. The Morgan fingerprint density at radius 3 is 2.02 bits per heavy atom. The van der Waals surface area contributed by atoms with E-state index in [1.54, 1.807) is 0 Å². The van der Waals surface area contributed by atoms with Gasteiger partial charge in [0.2, 0.25) is 0 Å². The number of nitrogens with zero attached hydrogens (tertiary/aromatic N) is 2. The lowest BCUT2D eigenvalue weighted by molar-refractivity contribution is 0.668. The number of hydrogen-bond acceptors (Lipinski definition) is 3. The summed E-state index contributed by atoms with van der Waals surface area (Å²) in [5.74, 6) is 0. The van der Waals surface area contributed by atoms with Crippen molar-refractivity contribution in [3.8, 4) is 5.69 Å². The number of allylic oxidation sites excluding steroid dienone is 2. The fourth-order valence-corrected chi connectivity index (χ4v) is 10.5. The molecule has 0 unspecified atom stereocenters. The number of thiophene rings is 1. The Morgan fingerprint density at radius 2 is 1.22 bits per heavy atom. The van der Waals surface area contributed by atoms with Gasteiger partial charge in [-0.1, -0.05) is 127 Å². The number of aliphatic imine (C=N–C) groups is 1. The first-order valence-corrected chi connectivity index (χ1v) is 21.4. The SMILES string of the molecule is C/C(=C\C(=N[C@@H](C)c1ccccc1)c1cccc2c1oc1ccccc12)c1cc(-n2c3ccccc3c3cc4ccccc4cc32)c2sc3cc4ccccc4cc3c2c1. The van der Waals surface area contributed by atoms with Crippen molar-refractivity contribution in [3.05, 3.63) is 205 Å². The molecule has 284 valence electrons. The van der Waals surface area contributed by atoms with Crippen molar-refractivity contribution >= 4 is 108 Å². The summed E-state index contributed by atoms with van der Waals surface area (Å²) in [5.41, 5.74) is 10.6. The maximum absolute atomic E-state index is 6.64. The van der Waals surface area contributed by atoms with Crippen LogP contribution in [0.2, 0.25) is 0 Å². The van der Waals surface area contributed by atoms with Crippen LogP contribution in [0.1, 0.15) is 36.6 Å². The zero-order valence-electron chi connectivity index (χ0n) is 33.2. The zero-order chi connectivity index (χ0) is 39.9. The van der Waals surface area contributed by atoms with Gasteiger partial charge in [0.15, 0.2) is 0 Å². The smallest absolute Gasteiger partial charge is 0.144 e. The predicted molar refractivity (Wildman–Crippen MR) is 257 cm³/mol. The van der Waals surface area contributed by atoms with E-state index >= 15 is 0 Å². The van der Waals surface area contributed by atoms with E-state index in [-0.39, 0.29) is 6.04 Å². The molecule has 0 spiro atoms. The molecular formula is C56H38N2OS. The van der Waals surface area contributed by atoms with Crippen molar-refractivity contribution in [3.63, 3.8) is 0 Å². The molecule has 0 aliphatic rings. The third-order valence-electron chi connectivity index (χ3n) is 12.3. The Bertz CT molecular complexity index is 3750. The molecule has 4 heteroatoms. The van der Waals surface area contributed by atoms with Crippen molar-refractivity contribution in [2.75, 3.05) is 0 Å². The van der Waals surface area contributed by atoms with Crippen LogP contribution in [0, 0.1) is 0 Å². The van der Waals surface area contributed by atoms with Crippen molar-refractivity contribution < 1.29 is 4.42 Å². The molecule has 0 bridgehead atoms. The van der Waals surface area contributed by atoms with Crippen molar-refractivity contribution in [1.82, 2.24) is 4.57 Å². The summed E-state index contributed by atoms with van der Waals surface area (Å²) in [6.45, 7) is 4.41. The normalized spacial score (nSPS) is 13.3. The van der Waals surface area contributed by atoms with Crippen LogP contribution in [-0.4, -0.2) is 10.3 Å². The number of benzene rings is 9. The monoisotopic (exact) mass is 786 g/mol. The largest absolute Gasteiger partial charge is 0.455 e. The highest BCUT2D eigenvalue weighted by molar-refractivity contribution is 7.26. The second-order valence-electron chi connectivity index (χ2n) is 15.9. The predicted octanol–water partition coefficient (Wildman–Crippen LogP) is 16.0. The summed E-state index contributed by atoms with van der Waals surface area (Å²) >= 11 is 1.89. The molecule has 9 aromatic carbocycles. The maximum Gasteiger partial charge on any atom is 0.144 e. The van der Waals surface area contributed by atoms with Gasteiger partial charge in [0.1, 0.15) is 11.2 Å². The van der Waals surface area contributed by atoms with Crippen LogP contribution in [-0.2, 0) is 0 Å². The van der Waals surface area contributed by atoms with Gasteiger partial charge < -0.3 is 8.98 Å². The summed E-state index contributed by atoms with van der Waals surface area (Å²) in [6, 6.07) is 65.8. The number of aromatic nitrogens is 1. The summed E-state index contributed by atoms with van der Waals surface area (Å²) < 4.78 is 11.7. The molecule has 3 heterocycles. The minimum absolute atomic E-state index is 0.0792. The number of furan rings is 1. The van der Waals surface area contributed by atoms with E-state index in [9.17, 15) is 0 Å². The number of fused-ring (bicyclic) bond motifs is 11. The molecule has 0 fully saturated rings. The van der Waals surface area contributed by atoms with Crippen LogP contribution in [0.25, 0.3) is 96.7 Å². The molecule has 0 saturated heterocycles. The van der Waals surface area contributed by atoms with Crippen molar-refractivity contribution in [2.24, 2.45) is 4.99 Å². The Labute approximate surface area is 350 Å². The van der Waals surface area contributed by atoms with Gasteiger partial charge in [-0.15, -0.1) is 11.3 Å². The van der Waals surface area contributed by atoms with E-state index in [1.165, 1.54) is 69.2 Å². The summed E-state index contributed by atoms with van der Waals surface area (Å²) in [7, 11) is 0. The fraction of sp³-hybridized carbons (Fsp3) is 0.0536. The van der Waals surface area contributed by atoms with Crippen LogP contribution in [0.5, 0.6) is 0 Å². The first-order valence-electron chi connectivity index (χ1n) is 20.6. The van der Waals surface area contributed by atoms with Gasteiger partial charge in [-0.2, -0.15) is 0 Å². The second kappa shape index (κ2) is 13.7. The molecule has 0 saturated carbocycles. The van der Waals surface area contributed by atoms with Gasteiger partial charge in [0.05, 0.1) is 33.2 Å². The van der Waals surface area contributed by atoms with E-state index in [0.717, 1.165) is 49.9 Å². The van der Waals surface area contributed by atoms with Gasteiger partial charge in [-0.25, -0.2) is 0 Å². The molecule has 12 rings (SSSR count). The molecule has 0 aliphatic carbocycles. The first-order chi connectivity index (χ1) is 29.6. The van der Waals surface area contributed by atoms with E-state index in [2.05, 4.69) is 194 Å². The molecule has 0 aliphatic heterocycles. The second-order valence-corrected chi connectivity index (χ2v) is 17.0. The average Bonchev–Trinajstić information content (AvgIpc) is 3.96. The fourth-order valence-electron chi connectivity index (χ4n) is 9.29. The number of para-hydroxylation sites is 3. The lowest BCUT2D eigenvalue weighted by Gasteiger charge is -2.14. The maximum atomic E-state index is 6.64. The third-order valence-corrected chi connectivity index (χ3v) is 13.5. The lowest BCUT2D eigenvalue weighted by atomic mass is 9.97. The molecule has 12 aromatic rings. The highest BCUT2D eigenvalue weighted by atomic mass is 32.1. The standard InChI is InChI=1S/C56H38N2OS/c1-34(27-49(57-35(2)36-15-4-3-5-16-36)45-24-14-23-44-43-22-11-13-26-53(43)59-55(44)45)41-30-48-47-29-38-18-7-9-20-40(38)33-54(47)60-56(48)52(32-41)58-50-25-12-10-21-42(50)46-28-37-17-6-8-19-39(37)31-51(46)58/h3-33,35H,1-2H3/b34-27+,57-49?/t35-/m0/s1. The van der Waals surface area contributed by atoms with Gasteiger partial charge in [0, 0.05) is 42.6 Å². The van der Waals surface area contributed by atoms with Crippen LogP contribution >= 0.6 is 11.3 Å². The molecule has 3 aromatic heterocycles. The Kier molecular flexibility index (Phi) is 7.91. The Morgan fingerprint density at radius 1 is 0.567 bits per heavy atom. The van der Waals surface area contributed by atoms with Gasteiger partial charge in [-0.3, -0.25) is 4.99 Å². The van der Waals surface area contributed by atoms with Gasteiger partial charge in [-0.05, 0) is 113 Å². The Hall–Kier alpha value is -7.27. The summed E-state index contributed by atoms with van der Waals surface area (Å²) in [6.07, 6.45) is 2.27. The van der Waals surface area contributed by atoms with Crippen LogP contribution in [0.3, 0.4) is 0 Å². The molecule has 0 radical (unpaired) electrons. The van der Waals surface area contributed by atoms with Crippen LogP contribution < -0.4 is 0 Å². The minimum atomic E-state index is -0.0792. The summed E-state index contributed by atoms with van der Waals surface area (Å²) in [5, 5.41) is 12.2. The van der Waals surface area contributed by atoms with E-state index < -0.39 is 0 Å². The van der Waals surface area contributed by atoms with Gasteiger partial charge in [0.25, 0.3) is 0 Å². The molecular weight excluding hydrogens is 749 g/mol. The van der Waals surface area contributed by atoms with E-state index in [1.807, 2.05) is 23.5 Å².